The van der Waals surface area contributed by atoms with Crippen molar-refractivity contribution in [3.63, 3.8) is 0 Å². The summed E-state index contributed by atoms with van der Waals surface area (Å²) in [4.78, 5) is 16.0. The monoisotopic (exact) mass is 380 g/mol. The van der Waals surface area contributed by atoms with E-state index < -0.39 is 23.6 Å². The predicted octanol–water partition coefficient (Wildman–Crippen LogP) is 4.97. The average molecular weight is 380 g/mol. The van der Waals surface area contributed by atoms with E-state index in [1.54, 1.807) is 6.07 Å². The van der Waals surface area contributed by atoms with Gasteiger partial charge in [-0.15, -0.1) is 0 Å². The third-order valence-electron chi connectivity index (χ3n) is 3.28. The number of anilines is 2. The van der Waals surface area contributed by atoms with Crippen LogP contribution in [0.5, 0.6) is 0 Å². The predicted molar refractivity (Wildman–Crippen MR) is 88.4 cm³/mol. The Kier molecular flexibility index (Phi) is 4.48. The molecule has 0 atom stereocenters. The smallest absolute Gasteiger partial charge is 0.308 e. The Hall–Kier alpha value is -3.19. The van der Waals surface area contributed by atoms with E-state index >= 15 is 0 Å². The first-order valence-corrected chi connectivity index (χ1v) is 7.83. The number of nitrogens with one attached hydrogen (secondary N) is 2. The lowest BCUT2D eigenvalue weighted by atomic mass is 10.2. The summed E-state index contributed by atoms with van der Waals surface area (Å²) >= 11 is 0.881. The van der Waals surface area contributed by atoms with Crippen LogP contribution in [-0.4, -0.2) is 11.0 Å². The van der Waals surface area contributed by atoms with Gasteiger partial charge in [-0.3, -0.25) is 5.32 Å². The van der Waals surface area contributed by atoms with Gasteiger partial charge in [0.1, 0.15) is 11.9 Å². The Labute approximate surface area is 147 Å². The van der Waals surface area contributed by atoms with Crippen molar-refractivity contribution in [1.82, 2.24) is 4.98 Å². The van der Waals surface area contributed by atoms with E-state index in [1.165, 1.54) is 12.1 Å². The van der Waals surface area contributed by atoms with Crippen molar-refractivity contribution in [3.8, 4) is 6.07 Å². The van der Waals surface area contributed by atoms with E-state index in [0.717, 1.165) is 35.6 Å². The molecule has 0 saturated carbocycles. The fourth-order valence-electron chi connectivity index (χ4n) is 2.10. The number of thiazole rings is 1. The molecule has 0 spiro atoms. The molecule has 132 valence electrons. The quantitative estimate of drug-likeness (QED) is 0.616. The van der Waals surface area contributed by atoms with Crippen LogP contribution >= 0.6 is 11.3 Å². The van der Waals surface area contributed by atoms with E-state index in [9.17, 15) is 22.4 Å². The standard InChI is InChI=1S/C16H8F4N4OS/c17-11-3-2-10(5-8(11)7-21)22-14(25)24-15-23-12-4-1-9(16(18,19)20)6-13(12)26-15/h1-6H,(H2,22,23,24,25). The van der Waals surface area contributed by atoms with Crippen LogP contribution < -0.4 is 10.6 Å². The van der Waals surface area contributed by atoms with Gasteiger partial charge in [0.2, 0.25) is 0 Å². The SMILES string of the molecule is N#Cc1cc(NC(=O)Nc2nc3ccc(C(F)(F)F)cc3s2)ccc1F. The van der Waals surface area contributed by atoms with Crippen molar-refractivity contribution in [2.24, 2.45) is 0 Å². The van der Waals surface area contributed by atoms with Gasteiger partial charge in [0.25, 0.3) is 0 Å². The maximum absolute atomic E-state index is 13.2. The van der Waals surface area contributed by atoms with Crippen LogP contribution in [0.2, 0.25) is 0 Å². The molecule has 0 unspecified atom stereocenters. The number of hydrogen-bond acceptors (Lipinski definition) is 4. The summed E-state index contributed by atoms with van der Waals surface area (Å²) < 4.78 is 51.7. The van der Waals surface area contributed by atoms with Gasteiger partial charge in [0, 0.05) is 5.69 Å². The van der Waals surface area contributed by atoms with Crippen LogP contribution in [0.3, 0.4) is 0 Å². The molecule has 3 aromatic rings. The molecule has 1 heterocycles. The number of nitrogens with zero attached hydrogens (tertiary/aromatic N) is 2. The number of alkyl halides is 3. The van der Waals surface area contributed by atoms with Crippen molar-refractivity contribution in [2.75, 3.05) is 10.6 Å². The molecule has 10 heteroatoms. The summed E-state index contributed by atoms with van der Waals surface area (Å²) in [5.41, 5.74) is -0.546. The highest BCUT2D eigenvalue weighted by atomic mass is 32.1. The first-order valence-electron chi connectivity index (χ1n) is 7.02. The molecule has 0 aliphatic carbocycles. The Balaban J connectivity index is 1.76. The van der Waals surface area contributed by atoms with Crippen LogP contribution in [0.1, 0.15) is 11.1 Å². The lowest BCUT2D eigenvalue weighted by Gasteiger charge is -2.05. The molecule has 2 N–H and O–H groups in total. The second kappa shape index (κ2) is 6.61. The summed E-state index contributed by atoms with van der Waals surface area (Å²) in [6.07, 6.45) is -4.47. The first-order chi connectivity index (χ1) is 12.3. The number of benzene rings is 2. The lowest BCUT2D eigenvalue weighted by molar-refractivity contribution is -0.137. The summed E-state index contributed by atoms with van der Waals surface area (Å²) in [6.45, 7) is 0. The number of aromatic nitrogens is 1. The van der Waals surface area contributed by atoms with Crippen molar-refractivity contribution < 1.29 is 22.4 Å². The number of fused-ring (bicyclic) bond motifs is 1. The number of carbonyl (C=O) groups excluding carboxylic acids is 1. The van der Waals surface area contributed by atoms with Crippen LogP contribution in [0.4, 0.5) is 33.2 Å². The van der Waals surface area contributed by atoms with E-state index in [2.05, 4.69) is 15.6 Å². The zero-order valence-electron chi connectivity index (χ0n) is 12.7. The molecule has 5 nitrogen and oxygen atoms in total. The fraction of sp³-hybridized carbons (Fsp3) is 0.0625. The van der Waals surface area contributed by atoms with Gasteiger partial charge in [-0.1, -0.05) is 11.3 Å². The Morgan fingerprint density at radius 3 is 2.62 bits per heavy atom. The molecule has 0 aliphatic rings. The highest BCUT2D eigenvalue weighted by molar-refractivity contribution is 7.22. The molecule has 1 aromatic heterocycles. The second-order valence-electron chi connectivity index (χ2n) is 5.08. The molecule has 3 rings (SSSR count). The Morgan fingerprint density at radius 1 is 1.15 bits per heavy atom. The van der Waals surface area contributed by atoms with Gasteiger partial charge < -0.3 is 5.32 Å². The van der Waals surface area contributed by atoms with Gasteiger partial charge in [-0.2, -0.15) is 18.4 Å². The largest absolute Gasteiger partial charge is 0.416 e. The molecule has 2 aromatic carbocycles. The minimum atomic E-state index is -4.47. The van der Waals surface area contributed by atoms with Crippen molar-refractivity contribution in [3.05, 3.63) is 53.3 Å². The topological polar surface area (TPSA) is 77.8 Å². The maximum atomic E-state index is 13.2. The zero-order chi connectivity index (χ0) is 18.9. The number of carbonyl (C=O) groups is 1. The molecular weight excluding hydrogens is 372 g/mol. The molecule has 0 bridgehead atoms. The second-order valence-corrected chi connectivity index (χ2v) is 6.12. The summed E-state index contributed by atoms with van der Waals surface area (Å²) in [7, 11) is 0. The Bertz CT molecular complexity index is 1040. The van der Waals surface area contributed by atoms with Gasteiger partial charge in [0.15, 0.2) is 5.13 Å². The number of nitriles is 1. The van der Waals surface area contributed by atoms with Gasteiger partial charge >= 0.3 is 12.2 Å². The van der Waals surface area contributed by atoms with E-state index in [0.29, 0.717) is 5.52 Å². The molecule has 0 aliphatic heterocycles. The third-order valence-corrected chi connectivity index (χ3v) is 4.21. The first kappa shape index (κ1) is 17.6. The van der Waals surface area contributed by atoms with Crippen molar-refractivity contribution in [1.29, 1.82) is 5.26 Å². The van der Waals surface area contributed by atoms with E-state index in [-0.39, 0.29) is 21.1 Å². The van der Waals surface area contributed by atoms with Crippen molar-refractivity contribution >= 4 is 38.4 Å². The van der Waals surface area contributed by atoms with Crippen LogP contribution in [0.15, 0.2) is 36.4 Å². The molecule has 0 saturated heterocycles. The van der Waals surface area contributed by atoms with Crippen molar-refractivity contribution in [2.45, 2.75) is 6.18 Å². The number of rotatable bonds is 2. The van der Waals surface area contributed by atoms with Gasteiger partial charge in [-0.05, 0) is 36.4 Å². The number of halogens is 4. The van der Waals surface area contributed by atoms with E-state index in [4.69, 9.17) is 5.26 Å². The van der Waals surface area contributed by atoms with E-state index in [1.807, 2.05) is 0 Å². The molecular formula is C16H8F4N4OS. The maximum Gasteiger partial charge on any atom is 0.416 e. The molecule has 2 amide bonds. The lowest BCUT2D eigenvalue weighted by Crippen LogP contribution is -2.19. The minimum Gasteiger partial charge on any atom is -0.308 e. The van der Waals surface area contributed by atoms with Gasteiger partial charge in [-0.25, -0.2) is 14.2 Å². The number of urea groups is 1. The summed E-state index contributed by atoms with van der Waals surface area (Å²) in [5, 5.41) is 13.6. The van der Waals surface area contributed by atoms with Crippen LogP contribution in [-0.2, 0) is 6.18 Å². The van der Waals surface area contributed by atoms with Crippen LogP contribution in [0.25, 0.3) is 10.2 Å². The molecule has 0 fully saturated rings. The fourth-order valence-corrected chi connectivity index (χ4v) is 3.00. The highest BCUT2D eigenvalue weighted by Gasteiger charge is 2.30. The summed E-state index contributed by atoms with van der Waals surface area (Å²) in [5.74, 6) is -0.717. The summed E-state index contributed by atoms with van der Waals surface area (Å²) in [6, 6.07) is 7.46. The highest BCUT2D eigenvalue weighted by Crippen LogP contribution is 2.34. The number of hydrogen-bond donors (Lipinski definition) is 2. The minimum absolute atomic E-state index is 0.0967. The molecule has 0 radical (unpaired) electrons. The van der Waals surface area contributed by atoms with Gasteiger partial charge in [0.05, 0.1) is 21.3 Å². The number of amides is 2. The molecule has 26 heavy (non-hydrogen) atoms. The Morgan fingerprint density at radius 2 is 1.92 bits per heavy atom. The van der Waals surface area contributed by atoms with Crippen LogP contribution in [0, 0.1) is 17.1 Å². The normalized spacial score (nSPS) is 11.2. The zero-order valence-corrected chi connectivity index (χ0v) is 13.5. The average Bonchev–Trinajstić information content (AvgIpc) is 2.96. The third kappa shape index (κ3) is 3.73.